The molecule has 0 aromatic heterocycles. The van der Waals surface area contributed by atoms with Crippen LogP contribution in [-0.2, 0) is 16.0 Å². The molecule has 0 fully saturated rings. The first-order chi connectivity index (χ1) is 7.17. The number of ether oxygens (including phenoxy) is 1. The number of carbonyl (C=O) groups is 1. The SMILES string of the molecule is COC(Cc1ccc(C#N)cc1)C(=O)O. The fourth-order valence-electron chi connectivity index (χ4n) is 1.20. The zero-order chi connectivity index (χ0) is 11.3. The van der Waals surface area contributed by atoms with Crippen LogP contribution >= 0.6 is 0 Å². The molecular weight excluding hydrogens is 194 g/mol. The number of benzene rings is 1. The third kappa shape index (κ3) is 3.08. The largest absolute Gasteiger partial charge is 0.479 e. The highest BCUT2D eigenvalue weighted by Crippen LogP contribution is 2.08. The molecule has 15 heavy (non-hydrogen) atoms. The summed E-state index contributed by atoms with van der Waals surface area (Å²) in [5.41, 5.74) is 1.39. The second-order valence-electron chi connectivity index (χ2n) is 3.08. The zero-order valence-corrected chi connectivity index (χ0v) is 8.30. The minimum atomic E-state index is -0.984. The highest BCUT2D eigenvalue weighted by atomic mass is 16.5. The van der Waals surface area contributed by atoms with Crippen LogP contribution in [0.5, 0.6) is 0 Å². The van der Waals surface area contributed by atoms with Crippen molar-refractivity contribution in [1.29, 1.82) is 5.26 Å². The van der Waals surface area contributed by atoms with Crippen molar-refractivity contribution in [2.75, 3.05) is 7.11 Å². The predicted octanol–water partition coefficient (Wildman–Crippen LogP) is 1.20. The first kappa shape index (κ1) is 11.2. The maximum atomic E-state index is 10.7. The van der Waals surface area contributed by atoms with Crippen LogP contribution in [0.2, 0.25) is 0 Å². The van der Waals surface area contributed by atoms with E-state index in [9.17, 15) is 4.79 Å². The highest BCUT2D eigenvalue weighted by Gasteiger charge is 2.16. The fraction of sp³-hybridized carbons (Fsp3) is 0.273. The monoisotopic (exact) mass is 205 g/mol. The van der Waals surface area contributed by atoms with E-state index in [-0.39, 0.29) is 0 Å². The molecule has 1 unspecified atom stereocenters. The van der Waals surface area contributed by atoms with Crippen LogP contribution in [0.4, 0.5) is 0 Å². The van der Waals surface area contributed by atoms with E-state index < -0.39 is 12.1 Å². The van der Waals surface area contributed by atoms with Gasteiger partial charge in [0.15, 0.2) is 6.10 Å². The van der Waals surface area contributed by atoms with Gasteiger partial charge in [0.05, 0.1) is 11.6 Å². The van der Waals surface area contributed by atoms with Gasteiger partial charge in [0.25, 0.3) is 0 Å². The van der Waals surface area contributed by atoms with Crippen LogP contribution < -0.4 is 0 Å². The number of nitrogens with zero attached hydrogens (tertiary/aromatic N) is 1. The van der Waals surface area contributed by atoms with Gasteiger partial charge in [0.1, 0.15) is 0 Å². The average molecular weight is 205 g/mol. The molecule has 0 saturated carbocycles. The lowest BCUT2D eigenvalue weighted by Gasteiger charge is -2.09. The molecule has 0 radical (unpaired) electrons. The lowest BCUT2D eigenvalue weighted by atomic mass is 10.1. The molecule has 0 aliphatic heterocycles. The third-order valence-corrected chi connectivity index (χ3v) is 2.06. The van der Waals surface area contributed by atoms with E-state index in [0.29, 0.717) is 12.0 Å². The highest BCUT2D eigenvalue weighted by molar-refractivity contribution is 5.72. The summed E-state index contributed by atoms with van der Waals surface area (Å²) in [4.78, 5) is 10.7. The van der Waals surface area contributed by atoms with Gasteiger partial charge < -0.3 is 9.84 Å². The van der Waals surface area contributed by atoms with Gasteiger partial charge in [-0.05, 0) is 17.7 Å². The topological polar surface area (TPSA) is 70.3 Å². The Hall–Kier alpha value is -1.86. The summed E-state index contributed by atoms with van der Waals surface area (Å²) in [7, 11) is 1.36. The van der Waals surface area contributed by atoms with Gasteiger partial charge in [-0.3, -0.25) is 0 Å². The molecular formula is C11H11NO3. The van der Waals surface area contributed by atoms with Crippen LogP contribution in [-0.4, -0.2) is 24.3 Å². The standard InChI is InChI=1S/C11H11NO3/c1-15-10(11(13)14)6-8-2-4-9(7-12)5-3-8/h2-5,10H,6H2,1H3,(H,13,14). The number of nitriles is 1. The molecule has 0 heterocycles. The summed E-state index contributed by atoms with van der Waals surface area (Å²) in [5.74, 6) is -0.984. The second-order valence-corrected chi connectivity index (χ2v) is 3.08. The second kappa shape index (κ2) is 5.13. The molecule has 4 heteroatoms. The fourth-order valence-corrected chi connectivity index (χ4v) is 1.20. The number of aliphatic carboxylic acids is 1. The van der Waals surface area contributed by atoms with Crippen LogP contribution in [0, 0.1) is 11.3 Å². The van der Waals surface area contributed by atoms with Crippen molar-refractivity contribution in [1.82, 2.24) is 0 Å². The van der Waals surface area contributed by atoms with Crippen molar-refractivity contribution in [2.45, 2.75) is 12.5 Å². The van der Waals surface area contributed by atoms with Gasteiger partial charge in [0, 0.05) is 13.5 Å². The quantitative estimate of drug-likeness (QED) is 0.801. The van der Waals surface area contributed by atoms with Crippen LogP contribution in [0.3, 0.4) is 0 Å². The Bertz CT molecular complexity index is 378. The maximum Gasteiger partial charge on any atom is 0.333 e. The van der Waals surface area contributed by atoms with Crippen LogP contribution in [0.1, 0.15) is 11.1 Å². The van der Waals surface area contributed by atoms with E-state index in [2.05, 4.69) is 0 Å². The molecule has 1 aromatic carbocycles. The van der Waals surface area contributed by atoms with Crippen molar-refractivity contribution < 1.29 is 14.6 Å². The summed E-state index contributed by atoms with van der Waals surface area (Å²) in [6.45, 7) is 0. The summed E-state index contributed by atoms with van der Waals surface area (Å²) in [6.07, 6.45) is -0.532. The Morgan fingerprint density at radius 3 is 2.53 bits per heavy atom. The van der Waals surface area contributed by atoms with Gasteiger partial charge >= 0.3 is 5.97 Å². The molecule has 78 valence electrons. The zero-order valence-electron chi connectivity index (χ0n) is 8.30. The lowest BCUT2D eigenvalue weighted by molar-refractivity contribution is -0.148. The molecule has 1 rings (SSSR count). The first-order valence-corrected chi connectivity index (χ1v) is 4.42. The van der Waals surface area contributed by atoms with Gasteiger partial charge in [-0.15, -0.1) is 0 Å². The summed E-state index contributed by atoms with van der Waals surface area (Å²) < 4.78 is 4.81. The van der Waals surface area contributed by atoms with E-state index in [1.54, 1.807) is 24.3 Å². The summed E-state index contributed by atoms with van der Waals surface area (Å²) in [6, 6.07) is 8.77. The number of rotatable bonds is 4. The molecule has 1 N–H and O–H groups in total. The molecule has 4 nitrogen and oxygen atoms in total. The van der Waals surface area contributed by atoms with Gasteiger partial charge in [-0.2, -0.15) is 5.26 Å². The molecule has 1 atom stereocenters. The number of carboxylic acid groups (broad SMARTS) is 1. The van der Waals surface area contributed by atoms with Gasteiger partial charge in [-0.1, -0.05) is 12.1 Å². The molecule has 0 bridgehead atoms. The van der Waals surface area contributed by atoms with E-state index in [0.717, 1.165) is 5.56 Å². The van der Waals surface area contributed by atoms with E-state index >= 15 is 0 Å². The molecule has 0 amide bonds. The van der Waals surface area contributed by atoms with Crippen molar-refractivity contribution in [3.05, 3.63) is 35.4 Å². The summed E-state index contributed by atoms with van der Waals surface area (Å²) >= 11 is 0. The van der Waals surface area contributed by atoms with E-state index in [1.807, 2.05) is 6.07 Å². The molecule has 0 spiro atoms. The number of methoxy groups -OCH3 is 1. The van der Waals surface area contributed by atoms with Gasteiger partial charge in [-0.25, -0.2) is 4.79 Å². The smallest absolute Gasteiger partial charge is 0.333 e. The Morgan fingerprint density at radius 1 is 1.53 bits per heavy atom. The Labute approximate surface area is 87.7 Å². The maximum absolute atomic E-state index is 10.7. The molecule has 1 aromatic rings. The van der Waals surface area contributed by atoms with Crippen molar-refractivity contribution in [3.63, 3.8) is 0 Å². The van der Waals surface area contributed by atoms with Crippen molar-refractivity contribution in [3.8, 4) is 6.07 Å². The van der Waals surface area contributed by atoms with Crippen LogP contribution in [0.25, 0.3) is 0 Å². The molecule has 0 saturated heterocycles. The van der Waals surface area contributed by atoms with Crippen LogP contribution in [0.15, 0.2) is 24.3 Å². The minimum Gasteiger partial charge on any atom is -0.479 e. The minimum absolute atomic E-state index is 0.303. The number of carboxylic acids is 1. The van der Waals surface area contributed by atoms with Crippen molar-refractivity contribution >= 4 is 5.97 Å². The van der Waals surface area contributed by atoms with E-state index in [4.69, 9.17) is 15.1 Å². The first-order valence-electron chi connectivity index (χ1n) is 4.42. The predicted molar refractivity (Wildman–Crippen MR) is 53.3 cm³/mol. The van der Waals surface area contributed by atoms with E-state index in [1.165, 1.54) is 7.11 Å². The normalized spacial score (nSPS) is 11.7. The average Bonchev–Trinajstić information content (AvgIpc) is 2.26. The summed E-state index contributed by atoms with van der Waals surface area (Å²) in [5, 5.41) is 17.3. The Kier molecular flexibility index (Phi) is 3.83. The third-order valence-electron chi connectivity index (χ3n) is 2.06. The van der Waals surface area contributed by atoms with Crippen molar-refractivity contribution in [2.24, 2.45) is 0 Å². The number of hydrogen-bond donors (Lipinski definition) is 1. The Morgan fingerprint density at radius 2 is 2.13 bits per heavy atom. The Balaban J connectivity index is 2.72. The molecule has 0 aliphatic rings. The molecule has 0 aliphatic carbocycles. The lowest BCUT2D eigenvalue weighted by Crippen LogP contribution is -2.24. The number of hydrogen-bond acceptors (Lipinski definition) is 3. The van der Waals surface area contributed by atoms with Gasteiger partial charge in [0.2, 0.25) is 0 Å².